The number of aliphatic carboxylic acids is 1. The van der Waals surface area contributed by atoms with Gasteiger partial charge in [0, 0.05) is 0 Å². The maximum absolute atomic E-state index is 9.72. The van der Waals surface area contributed by atoms with Gasteiger partial charge in [0.1, 0.15) is 5.60 Å². The van der Waals surface area contributed by atoms with Crippen molar-refractivity contribution in [3.05, 3.63) is 0 Å². The van der Waals surface area contributed by atoms with Crippen LogP contribution in [-0.2, 0) is 4.79 Å². The molecule has 0 heterocycles. The van der Waals surface area contributed by atoms with Crippen molar-refractivity contribution in [2.75, 3.05) is 0 Å². The van der Waals surface area contributed by atoms with Crippen molar-refractivity contribution in [3.8, 4) is 0 Å². The van der Waals surface area contributed by atoms with E-state index < -0.39 is 11.6 Å². The molecular weight excluding hydrogens is 119 g/mol. The molecule has 0 aromatic heterocycles. The van der Waals surface area contributed by atoms with Crippen LogP contribution in [0.15, 0.2) is 0 Å². The van der Waals surface area contributed by atoms with Gasteiger partial charge in [0.15, 0.2) is 0 Å². The van der Waals surface area contributed by atoms with Crippen molar-refractivity contribution in [2.45, 2.75) is 18.4 Å². The quantitative estimate of drug-likeness (QED) is 0.357. The van der Waals surface area contributed by atoms with Crippen LogP contribution in [0.1, 0.15) is 12.8 Å². The van der Waals surface area contributed by atoms with E-state index in [0.717, 1.165) is 0 Å². The Labute approximate surface area is 69.0 Å². The average molecular weight is 124 g/mol. The molecule has 1 aliphatic carbocycles. The van der Waals surface area contributed by atoms with Crippen molar-refractivity contribution in [3.63, 3.8) is 0 Å². The first-order chi connectivity index (χ1) is 3.15. The summed E-state index contributed by atoms with van der Waals surface area (Å²) in [4.78, 5) is 9.72. The van der Waals surface area contributed by atoms with Crippen LogP contribution in [0.2, 0.25) is 0 Å². The normalized spacial score (nSPS) is 21.1. The number of carbonyl (C=O) groups is 1. The Morgan fingerprint density at radius 3 is 2.00 bits per heavy atom. The van der Waals surface area contributed by atoms with Gasteiger partial charge in [-0.3, -0.25) is 0 Å². The Morgan fingerprint density at radius 2 is 2.00 bits per heavy atom. The molecule has 1 aliphatic rings. The number of hydrogen-bond donors (Lipinski definition) is 1. The van der Waals surface area contributed by atoms with Gasteiger partial charge in [0.2, 0.25) is 0 Å². The molecule has 1 fully saturated rings. The minimum Gasteiger partial charge on any atom is -0.547 e. The molecule has 1 saturated carbocycles. The van der Waals surface area contributed by atoms with E-state index in [9.17, 15) is 9.90 Å². The molecule has 0 radical (unpaired) electrons. The predicted molar refractivity (Wildman–Crippen MR) is 19.2 cm³/mol. The van der Waals surface area contributed by atoms with Crippen molar-refractivity contribution in [1.82, 2.24) is 0 Å². The van der Waals surface area contributed by atoms with E-state index in [1.807, 2.05) is 0 Å². The minimum atomic E-state index is -1.44. The first-order valence-electron chi connectivity index (χ1n) is 2.09. The van der Waals surface area contributed by atoms with E-state index in [4.69, 9.17) is 5.11 Å². The van der Waals surface area contributed by atoms with E-state index in [1.54, 1.807) is 0 Å². The van der Waals surface area contributed by atoms with Crippen molar-refractivity contribution in [1.29, 1.82) is 0 Å². The van der Waals surface area contributed by atoms with Gasteiger partial charge in [-0.25, -0.2) is 0 Å². The fourth-order valence-corrected chi connectivity index (χ4v) is 0.323. The minimum absolute atomic E-state index is 0. The first kappa shape index (κ1) is 8.43. The zero-order valence-electron chi connectivity index (χ0n) is 4.68. The summed E-state index contributed by atoms with van der Waals surface area (Å²) >= 11 is 0. The molecule has 0 amide bonds. The van der Waals surface area contributed by atoms with Crippen LogP contribution in [0.4, 0.5) is 0 Å². The van der Waals surface area contributed by atoms with Gasteiger partial charge < -0.3 is 15.0 Å². The van der Waals surface area contributed by atoms with Crippen LogP contribution in [0.3, 0.4) is 0 Å². The summed E-state index contributed by atoms with van der Waals surface area (Å²) in [6, 6.07) is 0. The zero-order valence-corrected chi connectivity index (χ0v) is 6.68. The Morgan fingerprint density at radius 1 is 1.62 bits per heavy atom. The predicted octanol–water partition coefficient (Wildman–Crippen LogP) is -4.73. The van der Waals surface area contributed by atoms with Crippen LogP contribution in [0, 0.1) is 0 Å². The summed E-state index contributed by atoms with van der Waals surface area (Å²) in [5.74, 6) is -1.34. The molecule has 0 atom stereocenters. The van der Waals surface area contributed by atoms with E-state index in [-0.39, 0.29) is 29.6 Å². The van der Waals surface area contributed by atoms with Gasteiger partial charge in [-0.2, -0.15) is 0 Å². The summed E-state index contributed by atoms with van der Waals surface area (Å²) in [7, 11) is 0. The van der Waals surface area contributed by atoms with Crippen molar-refractivity contribution in [2.24, 2.45) is 0 Å². The molecule has 0 bridgehead atoms. The molecule has 40 valence electrons. The summed E-state index contributed by atoms with van der Waals surface area (Å²) in [6.45, 7) is 0. The topological polar surface area (TPSA) is 60.4 Å². The zero-order chi connectivity index (χ0) is 5.49. The molecule has 1 N–H and O–H groups in total. The molecule has 0 aliphatic heterocycles. The molecule has 8 heavy (non-hydrogen) atoms. The molecule has 0 aromatic carbocycles. The fourth-order valence-electron chi connectivity index (χ4n) is 0.323. The van der Waals surface area contributed by atoms with Crippen LogP contribution in [0.25, 0.3) is 0 Å². The number of carboxylic acid groups (broad SMARTS) is 1. The third-order valence-electron chi connectivity index (χ3n) is 1.10. The summed E-state index contributed by atoms with van der Waals surface area (Å²) in [5, 5.41) is 18.3. The van der Waals surface area contributed by atoms with Gasteiger partial charge in [-0.15, -0.1) is 0 Å². The summed E-state index contributed by atoms with van der Waals surface area (Å²) in [6.07, 6.45) is 0.713. The maximum Gasteiger partial charge on any atom is 1.00 e. The smallest absolute Gasteiger partial charge is 0.547 e. The molecule has 1 rings (SSSR count). The van der Waals surface area contributed by atoms with Crippen LogP contribution in [0.5, 0.6) is 0 Å². The van der Waals surface area contributed by atoms with E-state index in [1.165, 1.54) is 0 Å². The number of aliphatic hydroxyl groups is 1. The number of carboxylic acids is 1. The molecule has 0 saturated heterocycles. The van der Waals surface area contributed by atoms with Crippen LogP contribution < -0.4 is 34.7 Å². The van der Waals surface area contributed by atoms with E-state index in [0.29, 0.717) is 12.8 Å². The number of carbonyl (C=O) groups excluding carboxylic acids is 1. The van der Waals surface area contributed by atoms with Gasteiger partial charge in [-0.1, -0.05) is 0 Å². The van der Waals surface area contributed by atoms with Gasteiger partial charge in [0.05, 0.1) is 5.97 Å². The second kappa shape index (κ2) is 2.35. The van der Waals surface area contributed by atoms with E-state index >= 15 is 0 Å². The second-order valence-electron chi connectivity index (χ2n) is 1.82. The molecule has 3 nitrogen and oxygen atoms in total. The molecule has 0 unspecified atom stereocenters. The Kier molecular flexibility index (Phi) is 2.48. The average Bonchev–Trinajstić information content (AvgIpc) is 2.21. The Balaban J connectivity index is 0.000000490. The second-order valence-corrected chi connectivity index (χ2v) is 1.82. The van der Waals surface area contributed by atoms with Crippen LogP contribution >= 0.6 is 0 Å². The molecular formula is C4H5NaO3. The first-order valence-corrected chi connectivity index (χ1v) is 2.09. The molecule has 0 aromatic rings. The third-order valence-corrected chi connectivity index (χ3v) is 1.10. The Bertz CT molecular complexity index is 108. The molecule has 4 heteroatoms. The van der Waals surface area contributed by atoms with Crippen LogP contribution in [-0.4, -0.2) is 16.7 Å². The summed E-state index contributed by atoms with van der Waals surface area (Å²) in [5.41, 5.74) is -1.44. The van der Waals surface area contributed by atoms with Crippen molar-refractivity contribution >= 4 is 5.97 Å². The maximum atomic E-state index is 9.72. The van der Waals surface area contributed by atoms with Gasteiger partial charge in [0.25, 0.3) is 0 Å². The largest absolute Gasteiger partial charge is 1.00 e. The molecule has 0 spiro atoms. The number of rotatable bonds is 1. The van der Waals surface area contributed by atoms with Crippen molar-refractivity contribution < 1.29 is 44.6 Å². The van der Waals surface area contributed by atoms with Gasteiger partial charge >= 0.3 is 29.6 Å². The SMILES string of the molecule is O=C([O-])C1(O)CC1.[Na+]. The Hall–Kier alpha value is 0.430. The standard InChI is InChI=1S/C4H6O3.Na/c5-3(6)4(7)1-2-4;/h7H,1-2H2,(H,5,6);/q;+1/p-1. The number of hydrogen-bond acceptors (Lipinski definition) is 3. The fraction of sp³-hybridized carbons (Fsp3) is 0.750. The third kappa shape index (κ3) is 1.45. The summed E-state index contributed by atoms with van der Waals surface area (Å²) < 4.78 is 0. The van der Waals surface area contributed by atoms with Gasteiger partial charge in [-0.05, 0) is 12.8 Å². The monoisotopic (exact) mass is 124 g/mol. The van der Waals surface area contributed by atoms with E-state index in [2.05, 4.69) is 0 Å².